The van der Waals surface area contributed by atoms with Crippen LogP contribution in [0.2, 0.25) is 0 Å². The smallest absolute Gasteiger partial charge is 0.223 e. The molecule has 0 spiro atoms. The number of benzene rings is 1. The predicted molar refractivity (Wildman–Crippen MR) is 71.8 cm³/mol. The van der Waals surface area contributed by atoms with Crippen LogP contribution in [0.3, 0.4) is 0 Å². The number of primary amides is 1. The fourth-order valence-electron chi connectivity index (χ4n) is 1.97. The lowest BCUT2D eigenvalue weighted by atomic mass is 9.85. The van der Waals surface area contributed by atoms with Crippen molar-refractivity contribution in [1.82, 2.24) is 0 Å². The summed E-state index contributed by atoms with van der Waals surface area (Å²) >= 11 is 0. The monoisotopic (exact) mass is 233 g/mol. The summed E-state index contributed by atoms with van der Waals surface area (Å²) < 4.78 is 0. The lowest BCUT2D eigenvalue weighted by molar-refractivity contribution is -0.126. The maximum Gasteiger partial charge on any atom is 0.223 e. The van der Waals surface area contributed by atoms with Gasteiger partial charge in [0.25, 0.3) is 0 Å². The molecule has 1 rings (SSSR count). The maximum absolute atomic E-state index is 11.2. The first kappa shape index (κ1) is 13.8. The van der Waals surface area contributed by atoms with Gasteiger partial charge in [0.15, 0.2) is 0 Å². The molecular formula is C15H23NO. The maximum atomic E-state index is 11.2. The predicted octanol–water partition coefficient (Wildman–Crippen LogP) is 3.14. The first-order valence-electron chi connectivity index (χ1n) is 6.19. The van der Waals surface area contributed by atoms with Crippen molar-refractivity contribution in [1.29, 1.82) is 0 Å². The summed E-state index contributed by atoms with van der Waals surface area (Å²) in [5.41, 5.74) is 8.97. The highest BCUT2D eigenvalue weighted by atomic mass is 16.1. The number of carbonyl (C=O) groups is 1. The second kappa shape index (κ2) is 5.35. The van der Waals surface area contributed by atoms with Crippen molar-refractivity contribution in [2.45, 2.75) is 47.0 Å². The van der Waals surface area contributed by atoms with E-state index in [0.717, 1.165) is 19.3 Å². The average Bonchev–Trinajstić information content (AvgIpc) is 2.21. The van der Waals surface area contributed by atoms with E-state index in [1.807, 2.05) is 13.8 Å². The van der Waals surface area contributed by atoms with Crippen molar-refractivity contribution in [2.24, 2.45) is 11.1 Å². The van der Waals surface area contributed by atoms with Crippen LogP contribution in [0.5, 0.6) is 0 Å². The van der Waals surface area contributed by atoms with Gasteiger partial charge in [-0.3, -0.25) is 4.79 Å². The fraction of sp³-hybridized carbons (Fsp3) is 0.533. The summed E-state index contributed by atoms with van der Waals surface area (Å²) in [7, 11) is 0. The molecule has 0 aromatic heterocycles. The highest BCUT2D eigenvalue weighted by Gasteiger charge is 2.23. The van der Waals surface area contributed by atoms with Crippen molar-refractivity contribution >= 4 is 5.91 Å². The molecule has 1 aromatic rings. The molecule has 0 aliphatic carbocycles. The Balaban J connectivity index is 2.54. The molecule has 2 nitrogen and oxygen atoms in total. The SMILES string of the molecule is Cc1ccc(CCCC(C)(C)C(N)=O)c(C)c1. The highest BCUT2D eigenvalue weighted by molar-refractivity contribution is 5.79. The summed E-state index contributed by atoms with van der Waals surface area (Å²) in [5, 5.41) is 0. The number of carbonyl (C=O) groups excluding carboxylic acids is 1. The van der Waals surface area contributed by atoms with Crippen LogP contribution in [-0.4, -0.2) is 5.91 Å². The Hall–Kier alpha value is -1.31. The molecule has 0 heterocycles. The highest BCUT2D eigenvalue weighted by Crippen LogP contribution is 2.23. The van der Waals surface area contributed by atoms with E-state index in [4.69, 9.17) is 5.73 Å². The van der Waals surface area contributed by atoms with Crippen molar-refractivity contribution in [3.8, 4) is 0 Å². The Morgan fingerprint density at radius 2 is 1.94 bits per heavy atom. The summed E-state index contributed by atoms with van der Waals surface area (Å²) in [6.45, 7) is 8.07. The quantitative estimate of drug-likeness (QED) is 0.834. The molecule has 94 valence electrons. The minimum Gasteiger partial charge on any atom is -0.369 e. The second-order valence-corrected chi connectivity index (χ2v) is 5.53. The Bertz CT molecular complexity index is 407. The number of hydrogen-bond acceptors (Lipinski definition) is 1. The molecule has 0 aliphatic heterocycles. The molecule has 0 atom stereocenters. The molecule has 0 fully saturated rings. The molecule has 2 heteroatoms. The zero-order valence-corrected chi connectivity index (χ0v) is 11.3. The van der Waals surface area contributed by atoms with E-state index in [1.165, 1.54) is 16.7 Å². The van der Waals surface area contributed by atoms with Crippen LogP contribution in [-0.2, 0) is 11.2 Å². The van der Waals surface area contributed by atoms with E-state index in [0.29, 0.717) is 0 Å². The van der Waals surface area contributed by atoms with Gasteiger partial charge in [0.05, 0.1) is 0 Å². The first-order chi connectivity index (χ1) is 7.83. The van der Waals surface area contributed by atoms with Crippen LogP contribution < -0.4 is 5.73 Å². The third kappa shape index (κ3) is 3.88. The molecule has 1 aromatic carbocycles. The molecule has 1 amide bonds. The van der Waals surface area contributed by atoms with E-state index in [2.05, 4.69) is 32.0 Å². The van der Waals surface area contributed by atoms with Crippen LogP contribution in [0, 0.1) is 19.3 Å². The van der Waals surface area contributed by atoms with Crippen LogP contribution in [0.25, 0.3) is 0 Å². The first-order valence-corrected chi connectivity index (χ1v) is 6.19. The third-order valence-corrected chi connectivity index (χ3v) is 3.41. The number of aryl methyl sites for hydroxylation is 3. The van der Waals surface area contributed by atoms with E-state index in [9.17, 15) is 4.79 Å². The Labute approximate surface area is 104 Å². The van der Waals surface area contributed by atoms with Gasteiger partial charge in [-0.25, -0.2) is 0 Å². The van der Waals surface area contributed by atoms with Crippen LogP contribution in [0.4, 0.5) is 0 Å². The Morgan fingerprint density at radius 3 is 2.47 bits per heavy atom. The minimum absolute atomic E-state index is 0.210. The fourth-order valence-corrected chi connectivity index (χ4v) is 1.97. The van der Waals surface area contributed by atoms with Crippen molar-refractivity contribution in [2.75, 3.05) is 0 Å². The van der Waals surface area contributed by atoms with E-state index >= 15 is 0 Å². The molecule has 0 unspecified atom stereocenters. The lowest BCUT2D eigenvalue weighted by Gasteiger charge is -2.20. The molecule has 0 saturated carbocycles. The summed E-state index contributed by atoms with van der Waals surface area (Å²) in [5.74, 6) is -0.210. The van der Waals surface area contributed by atoms with Crippen molar-refractivity contribution in [3.05, 3.63) is 34.9 Å². The molecule has 0 radical (unpaired) electrons. The summed E-state index contributed by atoms with van der Waals surface area (Å²) in [6.07, 6.45) is 2.86. The number of rotatable bonds is 5. The molecule has 0 saturated heterocycles. The van der Waals surface area contributed by atoms with E-state index in [-0.39, 0.29) is 5.91 Å². The standard InChI is InChI=1S/C15H23NO/c1-11-7-8-13(12(2)10-11)6-5-9-15(3,4)14(16)17/h7-8,10H,5-6,9H2,1-4H3,(H2,16,17). The second-order valence-electron chi connectivity index (χ2n) is 5.53. The molecule has 0 aliphatic rings. The summed E-state index contributed by atoms with van der Waals surface area (Å²) in [4.78, 5) is 11.2. The molecular weight excluding hydrogens is 210 g/mol. The lowest BCUT2D eigenvalue weighted by Crippen LogP contribution is -2.31. The van der Waals surface area contributed by atoms with Gasteiger partial charge in [0.2, 0.25) is 5.91 Å². The Morgan fingerprint density at radius 1 is 1.29 bits per heavy atom. The molecule has 2 N–H and O–H groups in total. The number of nitrogens with two attached hydrogens (primary N) is 1. The van der Waals surface area contributed by atoms with Gasteiger partial charge in [0.1, 0.15) is 0 Å². The zero-order chi connectivity index (χ0) is 13.1. The van der Waals surface area contributed by atoms with Crippen molar-refractivity contribution in [3.63, 3.8) is 0 Å². The zero-order valence-electron chi connectivity index (χ0n) is 11.3. The normalized spacial score (nSPS) is 11.5. The van der Waals surface area contributed by atoms with Gasteiger partial charge in [-0.05, 0) is 44.2 Å². The van der Waals surface area contributed by atoms with Crippen LogP contribution in [0.1, 0.15) is 43.4 Å². The van der Waals surface area contributed by atoms with Gasteiger partial charge in [-0.15, -0.1) is 0 Å². The molecule has 0 bridgehead atoms. The van der Waals surface area contributed by atoms with Gasteiger partial charge in [-0.1, -0.05) is 37.6 Å². The summed E-state index contributed by atoms with van der Waals surface area (Å²) in [6, 6.07) is 6.53. The van der Waals surface area contributed by atoms with Crippen LogP contribution in [0.15, 0.2) is 18.2 Å². The van der Waals surface area contributed by atoms with Gasteiger partial charge in [0, 0.05) is 5.41 Å². The Kier molecular flexibility index (Phi) is 4.33. The van der Waals surface area contributed by atoms with E-state index < -0.39 is 5.41 Å². The largest absolute Gasteiger partial charge is 0.369 e. The topological polar surface area (TPSA) is 43.1 Å². The molecule has 17 heavy (non-hydrogen) atoms. The average molecular weight is 233 g/mol. The minimum atomic E-state index is -0.390. The van der Waals surface area contributed by atoms with E-state index in [1.54, 1.807) is 0 Å². The number of hydrogen-bond donors (Lipinski definition) is 1. The number of amides is 1. The van der Waals surface area contributed by atoms with Gasteiger partial charge in [-0.2, -0.15) is 0 Å². The van der Waals surface area contributed by atoms with Crippen LogP contribution >= 0.6 is 0 Å². The van der Waals surface area contributed by atoms with Crippen molar-refractivity contribution < 1.29 is 4.79 Å². The van der Waals surface area contributed by atoms with Gasteiger partial charge < -0.3 is 5.73 Å². The van der Waals surface area contributed by atoms with Gasteiger partial charge >= 0.3 is 0 Å². The third-order valence-electron chi connectivity index (χ3n) is 3.41.